The molecule has 0 saturated heterocycles. The van der Waals surface area contributed by atoms with Crippen molar-refractivity contribution in [1.82, 2.24) is 15.5 Å². The summed E-state index contributed by atoms with van der Waals surface area (Å²) < 4.78 is 5.22. The van der Waals surface area contributed by atoms with E-state index in [0.717, 1.165) is 29.8 Å². The van der Waals surface area contributed by atoms with Gasteiger partial charge in [0.25, 0.3) is 5.91 Å². The summed E-state index contributed by atoms with van der Waals surface area (Å²) in [7, 11) is 1.65. The molecule has 124 valence electrons. The Hall–Kier alpha value is -2.30. The third kappa shape index (κ3) is 5.13. The Bertz CT molecular complexity index is 649. The van der Waals surface area contributed by atoms with Gasteiger partial charge in [-0.15, -0.1) is 0 Å². The van der Waals surface area contributed by atoms with Gasteiger partial charge < -0.3 is 10.1 Å². The Balaban J connectivity index is 1.92. The highest BCUT2D eigenvalue weighted by Gasteiger charge is 2.14. The second-order valence-corrected chi connectivity index (χ2v) is 6.31. The van der Waals surface area contributed by atoms with Crippen LogP contribution >= 0.6 is 0 Å². The first-order chi connectivity index (χ1) is 11.0. The zero-order valence-corrected chi connectivity index (χ0v) is 14.2. The first kappa shape index (κ1) is 17.1. The molecule has 0 bridgehead atoms. The number of hydrogen-bond acceptors (Lipinski definition) is 3. The molecule has 0 aliphatic rings. The SMILES string of the molecule is COc1cccc(CC(C)NC(=O)c2cc(CC(C)C)[nH]n2)c1. The fourth-order valence-corrected chi connectivity index (χ4v) is 2.52. The Labute approximate surface area is 137 Å². The maximum Gasteiger partial charge on any atom is 0.271 e. The molecule has 2 rings (SSSR count). The van der Waals surface area contributed by atoms with E-state index in [2.05, 4.69) is 29.4 Å². The molecule has 1 unspecified atom stereocenters. The number of rotatable bonds is 7. The fourth-order valence-electron chi connectivity index (χ4n) is 2.52. The molecule has 2 aromatic rings. The van der Waals surface area contributed by atoms with Crippen LogP contribution in [0.4, 0.5) is 0 Å². The third-order valence-electron chi connectivity index (χ3n) is 3.55. The van der Waals surface area contributed by atoms with E-state index in [-0.39, 0.29) is 11.9 Å². The van der Waals surface area contributed by atoms with Gasteiger partial charge in [-0.2, -0.15) is 5.10 Å². The largest absolute Gasteiger partial charge is 0.497 e. The number of aromatic nitrogens is 2. The summed E-state index contributed by atoms with van der Waals surface area (Å²) in [5, 5.41) is 10.0. The Kier molecular flexibility index (Phi) is 5.79. The quantitative estimate of drug-likeness (QED) is 0.825. The molecule has 1 heterocycles. The van der Waals surface area contributed by atoms with Crippen molar-refractivity contribution in [2.75, 3.05) is 7.11 Å². The number of aromatic amines is 1. The molecule has 1 atom stereocenters. The van der Waals surface area contributed by atoms with Crippen LogP contribution in [-0.4, -0.2) is 29.3 Å². The third-order valence-corrected chi connectivity index (χ3v) is 3.55. The van der Waals surface area contributed by atoms with Crippen molar-refractivity contribution in [3.05, 3.63) is 47.3 Å². The molecular formula is C18H25N3O2. The van der Waals surface area contributed by atoms with Crippen molar-refractivity contribution in [2.45, 2.75) is 39.7 Å². The molecule has 0 radical (unpaired) electrons. The molecule has 0 aliphatic heterocycles. The van der Waals surface area contributed by atoms with Gasteiger partial charge >= 0.3 is 0 Å². The molecular weight excluding hydrogens is 290 g/mol. The lowest BCUT2D eigenvalue weighted by Crippen LogP contribution is -2.34. The van der Waals surface area contributed by atoms with E-state index in [1.54, 1.807) is 7.11 Å². The predicted octanol–water partition coefficient (Wildman–Crippen LogP) is 2.98. The number of H-pyrrole nitrogens is 1. The lowest BCUT2D eigenvalue weighted by Gasteiger charge is -2.13. The van der Waals surface area contributed by atoms with E-state index in [9.17, 15) is 4.79 Å². The second kappa shape index (κ2) is 7.81. The van der Waals surface area contributed by atoms with Crippen molar-refractivity contribution < 1.29 is 9.53 Å². The summed E-state index contributed by atoms with van der Waals surface area (Å²) in [6, 6.07) is 9.72. The lowest BCUT2D eigenvalue weighted by atomic mass is 10.1. The van der Waals surface area contributed by atoms with Crippen LogP contribution in [0.5, 0.6) is 5.75 Å². The highest BCUT2D eigenvalue weighted by Crippen LogP contribution is 2.14. The van der Waals surface area contributed by atoms with Crippen LogP contribution in [0, 0.1) is 5.92 Å². The van der Waals surface area contributed by atoms with Crippen LogP contribution in [0.2, 0.25) is 0 Å². The molecule has 0 saturated carbocycles. The van der Waals surface area contributed by atoms with Crippen LogP contribution < -0.4 is 10.1 Å². The van der Waals surface area contributed by atoms with E-state index in [1.165, 1.54) is 0 Å². The average Bonchev–Trinajstić information content (AvgIpc) is 2.95. The van der Waals surface area contributed by atoms with Crippen molar-refractivity contribution >= 4 is 5.91 Å². The minimum Gasteiger partial charge on any atom is -0.497 e. The number of amides is 1. The van der Waals surface area contributed by atoms with Gasteiger partial charge in [0.05, 0.1) is 7.11 Å². The van der Waals surface area contributed by atoms with Gasteiger partial charge in [0.2, 0.25) is 0 Å². The van der Waals surface area contributed by atoms with Gasteiger partial charge in [-0.3, -0.25) is 9.89 Å². The number of benzene rings is 1. The normalized spacial score (nSPS) is 12.2. The number of ether oxygens (including phenoxy) is 1. The molecule has 1 aromatic carbocycles. The highest BCUT2D eigenvalue weighted by molar-refractivity contribution is 5.92. The second-order valence-electron chi connectivity index (χ2n) is 6.31. The Morgan fingerprint density at radius 1 is 1.26 bits per heavy atom. The van der Waals surface area contributed by atoms with E-state index in [0.29, 0.717) is 11.6 Å². The van der Waals surface area contributed by atoms with E-state index in [4.69, 9.17) is 4.74 Å². The minimum absolute atomic E-state index is 0.0138. The van der Waals surface area contributed by atoms with Gasteiger partial charge in [0.15, 0.2) is 0 Å². The molecule has 5 heteroatoms. The molecule has 1 aromatic heterocycles. The van der Waals surface area contributed by atoms with Crippen molar-refractivity contribution in [1.29, 1.82) is 0 Å². The van der Waals surface area contributed by atoms with Gasteiger partial charge in [-0.05, 0) is 49.4 Å². The van der Waals surface area contributed by atoms with Crippen molar-refractivity contribution in [3.8, 4) is 5.75 Å². The van der Waals surface area contributed by atoms with Gasteiger partial charge in [0.1, 0.15) is 11.4 Å². The van der Waals surface area contributed by atoms with E-state index < -0.39 is 0 Å². The van der Waals surface area contributed by atoms with E-state index >= 15 is 0 Å². The molecule has 23 heavy (non-hydrogen) atoms. The van der Waals surface area contributed by atoms with Gasteiger partial charge in [0, 0.05) is 11.7 Å². The first-order valence-corrected chi connectivity index (χ1v) is 7.96. The summed E-state index contributed by atoms with van der Waals surface area (Å²) >= 11 is 0. The average molecular weight is 315 g/mol. The van der Waals surface area contributed by atoms with Crippen molar-refractivity contribution in [3.63, 3.8) is 0 Å². The fraction of sp³-hybridized carbons (Fsp3) is 0.444. The monoisotopic (exact) mass is 315 g/mol. The summed E-state index contributed by atoms with van der Waals surface area (Å²) in [6.45, 7) is 6.26. The van der Waals surface area contributed by atoms with Crippen molar-refractivity contribution in [2.24, 2.45) is 5.92 Å². The van der Waals surface area contributed by atoms with Crippen LogP contribution in [0.25, 0.3) is 0 Å². The maximum absolute atomic E-state index is 12.2. The number of hydrogen-bond donors (Lipinski definition) is 2. The zero-order valence-electron chi connectivity index (χ0n) is 14.2. The van der Waals surface area contributed by atoms with Crippen LogP contribution in [0.1, 0.15) is 42.5 Å². The zero-order chi connectivity index (χ0) is 16.8. The molecule has 2 N–H and O–H groups in total. The summed E-state index contributed by atoms with van der Waals surface area (Å²) in [5.74, 6) is 1.21. The number of carbonyl (C=O) groups excluding carboxylic acids is 1. The minimum atomic E-state index is -0.147. The van der Waals surface area contributed by atoms with Crippen LogP contribution in [0.3, 0.4) is 0 Å². The summed E-state index contributed by atoms with van der Waals surface area (Å²) in [6.07, 6.45) is 1.63. The molecule has 0 fully saturated rings. The van der Waals surface area contributed by atoms with Crippen LogP contribution in [-0.2, 0) is 12.8 Å². The van der Waals surface area contributed by atoms with Crippen LogP contribution in [0.15, 0.2) is 30.3 Å². The summed E-state index contributed by atoms with van der Waals surface area (Å²) in [4.78, 5) is 12.2. The standard InChI is InChI=1S/C18H25N3O2/c1-12(2)8-15-11-17(21-20-15)18(22)19-13(3)9-14-6-5-7-16(10-14)23-4/h5-7,10-13H,8-9H2,1-4H3,(H,19,22)(H,20,21). The molecule has 0 spiro atoms. The van der Waals surface area contributed by atoms with Gasteiger partial charge in [-0.1, -0.05) is 26.0 Å². The Morgan fingerprint density at radius 3 is 2.74 bits per heavy atom. The topological polar surface area (TPSA) is 67.0 Å². The Morgan fingerprint density at radius 2 is 2.04 bits per heavy atom. The number of nitrogens with zero attached hydrogens (tertiary/aromatic N) is 1. The number of nitrogens with one attached hydrogen (secondary N) is 2. The smallest absolute Gasteiger partial charge is 0.271 e. The summed E-state index contributed by atoms with van der Waals surface area (Å²) in [5.41, 5.74) is 2.56. The first-order valence-electron chi connectivity index (χ1n) is 7.96. The van der Waals surface area contributed by atoms with Gasteiger partial charge in [-0.25, -0.2) is 0 Å². The molecule has 0 aliphatic carbocycles. The number of carbonyl (C=O) groups is 1. The number of methoxy groups -OCH3 is 1. The lowest BCUT2D eigenvalue weighted by molar-refractivity contribution is 0.0935. The maximum atomic E-state index is 12.2. The highest BCUT2D eigenvalue weighted by atomic mass is 16.5. The van der Waals surface area contributed by atoms with E-state index in [1.807, 2.05) is 37.3 Å². The molecule has 5 nitrogen and oxygen atoms in total. The predicted molar refractivity (Wildman–Crippen MR) is 90.8 cm³/mol. The molecule has 1 amide bonds.